The SMILES string of the molecule is C.CNc1nc2c([nH]1)c(=O)n(CC1CC1)c(=O)n2CC1CC1.Cn1c(N)nc2c1c(=O)n(CC1CC1)c(=O)n2CC1CC1. The van der Waals surface area contributed by atoms with Crippen molar-refractivity contribution in [1.29, 1.82) is 0 Å². The number of rotatable bonds is 9. The van der Waals surface area contributed by atoms with Gasteiger partial charge < -0.3 is 20.6 Å². The van der Waals surface area contributed by atoms with Crippen molar-refractivity contribution >= 4 is 34.2 Å². The van der Waals surface area contributed by atoms with Crippen LogP contribution in [0, 0.1) is 23.7 Å². The monoisotopic (exact) mass is 594 g/mol. The second-order valence-electron chi connectivity index (χ2n) is 12.6. The number of nitrogens with one attached hydrogen (secondary N) is 2. The quantitative estimate of drug-likeness (QED) is 0.263. The number of hydrogen-bond donors (Lipinski definition) is 3. The van der Waals surface area contributed by atoms with E-state index in [4.69, 9.17) is 5.73 Å². The first kappa shape index (κ1) is 29.0. The smallest absolute Gasteiger partial charge is 0.332 e. The van der Waals surface area contributed by atoms with E-state index in [-0.39, 0.29) is 35.9 Å². The molecule has 0 saturated heterocycles. The number of hydrogen-bond acceptors (Lipinski definition) is 8. The first-order chi connectivity index (χ1) is 20.2. The number of H-pyrrole nitrogens is 1. The van der Waals surface area contributed by atoms with Crippen molar-refractivity contribution in [3.63, 3.8) is 0 Å². The van der Waals surface area contributed by atoms with Crippen molar-refractivity contribution in [2.75, 3.05) is 18.1 Å². The molecule has 0 radical (unpaired) electrons. The molecule has 4 heterocycles. The minimum atomic E-state index is -0.263. The number of imidazole rings is 2. The molecule has 43 heavy (non-hydrogen) atoms. The zero-order valence-electron chi connectivity index (χ0n) is 24.1. The zero-order chi connectivity index (χ0) is 29.3. The number of aryl methyl sites for hydroxylation is 1. The largest absolute Gasteiger partial charge is 0.369 e. The van der Waals surface area contributed by atoms with Crippen LogP contribution in [0.25, 0.3) is 22.3 Å². The summed E-state index contributed by atoms with van der Waals surface area (Å²) in [5, 5.41) is 2.90. The fourth-order valence-corrected chi connectivity index (χ4v) is 5.55. The first-order valence-electron chi connectivity index (χ1n) is 15.1. The van der Waals surface area contributed by atoms with Crippen molar-refractivity contribution in [2.45, 2.75) is 85.0 Å². The molecule has 0 spiro atoms. The summed E-state index contributed by atoms with van der Waals surface area (Å²) in [6.07, 6.45) is 8.99. The number of nitrogen functional groups attached to an aromatic ring is 1. The average Bonchev–Trinajstić information content (AvgIpc) is 3.77. The summed E-state index contributed by atoms with van der Waals surface area (Å²) in [5.41, 5.74) is 6.67. The highest BCUT2D eigenvalue weighted by Crippen LogP contribution is 2.33. The highest BCUT2D eigenvalue weighted by atomic mass is 16.2. The molecule has 0 aromatic carbocycles. The molecule has 8 rings (SSSR count). The Morgan fingerprint density at radius 1 is 0.721 bits per heavy atom. The van der Waals surface area contributed by atoms with Crippen LogP contribution in [-0.2, 0) is 33.2 Å². The number of anilines is 2. The molecule has 4 fully saturated rings. The summed E-state index contributed by atoms with van der Waals surface area (Å²) in [7, 11) is 3.46. The summed E-state index contributed by atoms with van der Waals surface area (Å²) < 4.78 is 7.68. The van der Waals surface area contributed by atoms with Gasteiger partial charge in [-0.15, -0.1) is 0 Å². The van der Waals surface area contributed by atoms with Crippen LogP contribution < -0.4 is 33.5 Å². The van der Waals surface area contributed by atoms with Gasteiger partial charge in [0, 0.05) is 40.3 Å². The lowest BCUT2D eigenvalue weighted by Gasteiger charge is -2.11. The van der Waals surface area contributed by atoms with Gasteiger partial charge in [-0.3, -0.25) is 27.9 Å². The molecule has 4 aliphatic rings. The van der Waals surface area contributed by atoms with Crippen LogP contribution in [0.1, 0.15) is 58.8 Å². The lowest BCUT2D eigenvalue weighted by atomic mass is 10.3. The summed E-state index contributed by atoms with van der Waals surface area (Å²) in [6.45, 7) is 2.35. The average molecular weight is 595 g/mol. The van der Waals surface area contributed by atoms with Crippen LogP contribution in [0.15, 0.2) is 19.2 Å². The molecular formula is C29H42N10O4. The maximum Gasteiger partial charge on any atom is 0.332 e. The zero-order valence-corrected chi connectivity index (χ0v) is 24.1. The molecule has 0 bridgehead atoms. The molecule has 0 atom stereocenters. The van der Waals surface area contributed by atoms with Crippen LogP contribution in [-0.4, -0.2) is 44.8 Å². The highest BCUT2D eigenvalue weighted by molar-refractivity contribution is 5.74. The van der Waals surface area contributed by atoms with Gasteiger partial charge in [0.05, 0.1) is 0 Å². The summed E-state index contributed by atoms with van der Waals surface area (Å²) in [4.78, 5) is 62.1. The molecule has 0 amide bonds. The predicted molar refractivity (Wildman–Crippen MR) is 165 cm³/mol. The van der Waals surface area contributed by atoms with Gasteiger partial charge in [-0.2, -0.15) is 9.97 Å². The lowest BCUT2D eigenvalue weighted by Crippen LogP contribution is -2.41. The third-order valence-corrected chi connectivity index (χ3v) is 8.93. The van der Waals surface area contributed by atoms with E-state index in [9.17, 15) is 19.2 Å². The molecule has 0 unspecified atom stereocenters. The van der Waals surface area contributed by atoms with Gasteiger partial charge in [0.1, 0.15) is 0 Å². The van der Waals surface area contributed by atoms with Crippen molar-refractivity contribution in [2.24, 2.45) is 30.7 Å². The van der Waals surface area contributed by atoms with Crippen molar-refractivity contribution in [1.82, 2.24) is 37.8 Å². The van der Waals surface area contributed by atoms with E-state index >= 15 is 0 Å². The van der Waals surface area contributed by atoms with Gasteiger partial charge >= 0.3 is 11.4 Å². The topological polar surface area (TPSA) is 173 Å². The number of nitrogens with two attached hydrogens (primary N) is 1. The van der Waals surface area contributed by atoms with Crippen LogP contribution in [0.3, 0.4) is 0 Å². The molecular weight excluding hydrogens is 552 g/mol. The van der Waals surface area contributed by atoms with Gasteiger partial charge in [0.2, 0.25) is 11.9 Å². The molecule has 0 aliphatic heterocycles. The number of aromatic amines is 1. The number of aromatic nitrogens is 8. The summed E-state index contributed by atoms with van der Waals surface area (Å²) in [5.74, 6) is 2.82. The van der Waals surface area contributed by atoms with Gasteiger partial charge in [-0.25, -0.2) is 9.59 Å². The maximum atomic E-state index is 12.7. The number of fused-ring (bicyclic) bond motifs is 2. The first-order valence-corrected chi connectivity index (χ1v) is 15.1. The van der Waals surface area contributed by atoms with E-state index < -0.39 is 0 Å². The van der Waals surface area contributed by atoms with E-state index in [1.54, 1.807) is 27.8 Å². The second kappa shape index (κ2) is 10.9. The molecule has 232 valence electrons. The standard InChI is InChI=1S/2C14H19N5O2.CH4/c1-17-10-11(16-13(17)15)18(6-8-2-3-8)14(21)19(12(10)20)7-9-4-5-9;1-15-13-16-10-11(17-13)18(6-8-2-3-8)14(21)19(12(10)20)7-9-4-5-9;/h8-9H,2-7H2,1H3,(H2,15,16);8-9H,2-7H2,1H3,(H2,15,16,17);1H4. The van der Waals surface area contributed by atoms with Gasteiger partial charge in [-0.1, -0.05) is 7.43 Å². The van der Waals surface area contributed by atoms with Crippen LogP contribution in [0.2, 0.25) is 0 Å². The Hall–Kier alpha value is -4.10. The van der Waals surface area contributed by atoms with E-state index in [2.05, 4.69) is 20.3 Å². The maximum absolute atomic E-state index is 12.7. The van der Waals surface area contributed by atoms with Crippen LogP contribution >= 0.6 is 0 Å². The minimum Gasteiger partial charge on any atom is -0.369 e. The molecule has 4 aromatic rings. The molecule has 4 saturated carbocycles. The van der Waals surface area contributed by atoms with Gasteiger partial charge in [0.25, 0.3) is 11.1 Å². The van der Waals surface area contributed by atoms with Crippen molar-refractivity contribution < 1.29 is 0 Å². The Morgan fingerprint density at radius 3 is 1.63 bits per heavy atom. The Labute approximate surface area is 247 Å². The highest BCUT2D eigenvalue weighted by Gasteiger charge is 2.30. The minimum absolute atomic E-state index is 0. The fraction of sp³-hybridized carbons (Fsp3) is 0.655. The molecule has 14 nitrogen and oxygen atoms in total. The third-order valence-electron chi connectivity index (χ3n) is 8.93. The molecule has 4 aliphatic carbocycles. The predicted octanol–water partition coefficient (Wildman–Crippen LogP) is 1.68. The Kier molecular flexibility index (Phi) is 7.33. The van der Waals surface area contributed by atoms with Crippen molar-refractivity contribution in [3.05, 3.63) is 41.7 Å². The van der Waals surface area contributed by atoms with Crippen LogP contribution in [0.5, 0.6) is 0 Å². The Morgan fingerprint density at radius 2 is 1.16 bits per heavy atom. The summed E-state index contributed by atoms with van der Waals surface area (Å²) >= 11 is 0. The third kappa shape index (κ3) is 5.54. The normalized spacial score (nSPS) is 18.0. The van der Waals surface area contributed by atoms with E-state index in [0.29, 0.717) is 78.1 Å². The lowest BCUT2D eigenvalue weighted by molar-refractivity contribution is 0.519. The number of nitrogens with zero attached hydrogens (tertiary/aromatic N) is 7. The Bertz CT molecular complexity index is 1920. The molecule has 14 heteroatoms. The molecule has 4 N–H and O–H groups in total. The molecule has 4 aromatic heterocycles. The second-order valence-corrected chi connectivity index (χ2v) is 12.6. The van der Waals surface area contributed by atoms with Crippen molar-refractivity contribution in [3.8, 4) is 0 Å². The van der Waals surface area contributed by atoms with E-state index in [1.807, 2.05) is 0 Å². The van der Waals surface area contributed by atoms with E-state index in [0.717, 1.165) is 51.4 Å². The Balaban J connectivity index is 0.000000150. The van der Waals surface area contributed by atoms with Gasteiger partial charge in [0.15, 0.2) is 22.3 Å². The van der Waals surface area contributed by atoms with Gasteiger partial charge in [-0.05, 0) is 75.0 Å². The summed E-state index contributed by atoms with van der Waals surface area (Å²) in [6, 6.07) is 0. The van der Waals surface area contributed by atoms with Crippen LogP contribution in [0.4, 0.5) is 11.9 Å². The fourth-order valence-electron chi connectivity index (χ4n) is 5.55. The van der Waals surface area contributed by atoms with E-state index in [1.165, 1.54) is 9.13 Å².